The van der Waals surface area contributed by atoms with Crippen LogP contribution in [0.2, 0.25) is 0 Å². The van der Waals surface area contributed by atoms with Gasteiger partial charge < -0.3 is 15.8 Å². The first-order valence-corrected chi connectivity index (χ1v) is 9.58. The summed E-state index contributed by atoms with van der Waals surface area (Å²) in [6, 6.07) is 7.27. The lowest BCUT2D eigenvalue weighted by Crippen LogP contribution is -2.35. The van der Waals surface area contributed by atoms with E-state index in [1.807, 2.05) is 33.0 Å². The lowest BCUT2D eigenvalue weighted by molar-refractivity contribution is 0.112. The van der Waals surface area contributed by atoms with Crippen LogP contribution in [0.25, 0.3) is 0 Å². The predicted octanol–water partition coefficient (Wildman–Crippen LogP) is 4.92. The van der Waals surface area contributed by atoms with Crippen LogP contribution in [0.15, 0.2) is 24.3 Å². The van der Waals surface area contributed by atoms with Crippen molar-refractivity contribution in [1.82, 2.24) is 5.32 Å². The van der Waals surface area contributed by atoms with Crippen LogP contribution in [0.4, 0.5) is 0 Å². The summed E-state index contributed by atoms with van der Waals surface area (Å²) in [6.07, 6.45) is 6.99. The van der Waals surface area contributed by atoms with Gasteiger partial charge in [0.15, 0.2) is 0 Å². The Kier molecular flexibility index (Phi) is 13.1. The van der Waals surface area contributed by atoms with Crippen LogP contribution in [0.1, 0.15) is 73.0 Å². The third kappa shape index (κ3) is 12.6. The van der Waals surface area contributed by atoms with Crippen LogP contribution in [0.3, 0.4) is 0 Å². The molecule has 0 aliphatic heterocycles. The number of benzene rings is 1. The molecule has 0 radical (unpaired) electrons. The molecule has 0 unspecified atom stereocenters. The van der Waals surface area contributed by atoms with Crippen molar-refractivity contribution in [3.63, 3.8) is 0 Å². The molecule has 0 saturated heterocycles. The SMILES string of the molecule is CC.CNC(C)(C)CCCCN.O=Cc1cccc(OCC2CC2)c1.[HH].[HH]. The summed E-state index contributed by atoms with van der Waals surface area (Å²) in [5, 5.41) is 3.26. The third-order valence-electron chi connectivity index (χ3n) is 4.11. The molecule has 0 bridgehead atoms. The Morgan fingerprint density at radius 3 is 2.52 bits per heavy atom. The number of nitrogens with two attached hydrogens (primary N) is 1. The molecule has 0 atom stereocenters. The Labute approximate surface area is 157 Å². The molecule has 0 aromatic heterocycles. The van der Waals surface area contributed by atoms with Crippen molar-refractivity contribution in [3.8, 4) is 5.75 Å². The fraction of sp³-hybridized carbons (Fsp3) is 0.667. The van der Waals surface area contributed by atoms with E-state index in [0.29, 0.717) is 5.56 Å². The molecule has 148 valence electrons. The minimum Gasteiger partial charge on any atom is -0.493 e. The molecule has 1 fully saturated rings. The van der Waals surface area contributed by atoms with Gasteiger partial charge in [0.05, 0.1) is 6.61 Å². The molecule has 1 aliphatic rings. The number of carbonyl (C=O) groups is 1. The maximum atomic E-state index is 10.5. The van der Waals surface area contributed by atoms with Crippen LogP contribution >= 0.6 is 0 Å². The molecular weight excluding hydrogens is 312 g/mol. The number of carbonyl (C=O) groups excluding carboxylic acids is 1. The summed E-state index contributed by atoms with van der Waals surface area (Å²) < 4.78 is 5.51. The molecule has 3 N–H and O–H groups in total. The van der Waals surface area contributed by atoms with Crippen LogP contribution in [0.5, 0.6) is 5.75 Å². The normalized spacial score (nSPS) is 13.0. The highest BCUT2D eigenvalue weighted by Gasteiger charge is 2.21. The maximum Gasteiger partial charge on any atom is 0.150 e. The van der Waals surface area contributed by atoms with E-state index < -0.39 is 0 Å². The minimum absolute atomic E-state index is 0. The van der Waals surface area contributed by atoms with Gasteiger partial charge in [-0.3, -0.25) is 4.79 Å². The smallest absolute Gasteiger partial charge is 0.150 e. The van der Waals surface area contributed by atoms with Gasteiger partial charge in [0.25, 0.3) is 0 Å². The average Bonchev–Trinajstić information content (AvgIpc) is 3.47. The molecule has 1 saturated carbocycles. The average molecular weight is 355 g/mol. The van der Waals surface area contributed by atoms with Gasteiger partial charge in [-0.1, -0.05) is 32.4 Å². The van der Waals surface area contributed by atoms with Gasteiger partial charge in [0.2, 0.25) is 0 Å². The van der Waals surface area contributed by atoms with Crippen LogP contribution < -0.4 is 15.8 Å². The Morgan fingerprint density at radius 1 is 1.32 bits per heavy atom. The van der Waals surface area contributed by atoms with Crippen molar-refractivity contribution < 1.29 is 12.4 Å². The highest BCUT2D eigenvalue weighted by Crippen LogP contribution is 2.29. The quantitative estimate of drug-likeness (QED) is 0.488. The van der Waals surface area contributed by atoms with E-state index in [1.165, 1.54) is 25.7 Å². The maximum absolute atomic E-state index is 10.5. The molecule has 0 heterocycles. The van der Waals surface area contributed by atoms with E-state index in [2.05, 4.69) is 19.2 Å². The van der Waals surface area contributed by atoms with E-state index >= 15 is 0 Å². The van der Waals surface area contributed by atoms with Crippen LogP contribution in [-0.2, 0) is 0 Å². The Morgan fingerprint density at radius 2 is 2.00 bits per heavy atom. The van der Waals surface area contributed by atoms with Crippen LogP contribution in [0, 0.1) is 5.92 Å². The lowest BCUT2D eigenvalue weighted by atomic mass is 9.98. The van der Waals surface area contributed by atoms with Gasteiger partial charge >= 0.3 is 0 Å². The fourth-order valence-corrected chi connectivity index (χ4v) is 2.01. The number of hydrogen-bond donors (Lipinski definition) is 2. The van der Waals surface area contributed by atoms with Gasteiger partial charge in [-0.25, -0.2) is 0 Å². The number of hydrogen-bond acceptors (Lipinski definition) is 4. The van der Waals surface area contributed by atoms with Crippen molar-refractivity contribution in [2.45, 2.75) is 65.3 Å². The zero-order valence-electron chi connectivity index (χ0n) is 16.8. The topological polar surface area (TPSA) is 64.3 Å². The summed E-state index contributed by atoms with van der Waals surface area (Å²) in [6.45, 7) is 10.0. The molecule has 1 aromatic carbocycles. The number of unbranched alkanes of at least 4 members (excludes halogenated alkanes) is 1. The summed E-state index contributed by atoms with van der Waals surface area (Å²) in [5.74, 6) is 1.55. The lowest BCUT2D eigenvalue weighted by Gasteiger charge is -2.23. The summed E-state index contributed by atoms with van der Waals surface area (Å²) in [4.78, 5) is 10.5. The third-order valence-corrected chi connectivity index (χ3v) is 4.11. The predicted molar refractivity (Wildman–Crippen MR) is 112 cm³/mol. The van der Waals surface area contributed by atoms with Crippen molar-refractivity contribution in [2.75, 3.05) is 20.2 Å². The molecule has 1 aliphatic carbocycles. The number of ether oxygens (including phenoxy) is 1. The first kappa shape index (κ1) is 23.6. The van der Waals surface area contributed by atoms with Gasteiger partial charge in [0, 0.05) is 14.0 Å². The molecule has 1 aromatic rings. The van der Waals surface area contributed by atoms with Gasteiger partial charge in [-0.2, -0.15) is 0 Å². The van der Waals surface area contributed by atoms with Crippen molar-refractivity contribution in [3.05, 3.63) is 29.8 Å². The Bertz CT molecular complexity index is 467. The van der Waals surface area contributed by atoms with Crippen LogP contribution in [-0.4, -0.2) is 32.0 Å². The number of aldehydes is 1. The second-order valence-corrected chi connectivity index (χ2v) is 6.82. The summed E-state index contributed by atoms with van der Waals surface area (Å²) >= 11 is 0. The van der Waals surface area contributed by atoms with Gasteiger partial charge in [-0.15, -0.1) is 0 Å². The molecule has 25 heavy (non-hydrogen) atoms. The standard InChI is InChI=1S/C11H12O2.C8H20N2.C2H6.2H2/c12-7-10-2-1-3-11(6-10)13-8-9-4-5-9;1-8(2,10-3)6-4-5-7-9;1-2;;/h1-3,6-7,9H,4-5,8H2;10H,4-7,9H2,1-3H3;1-2H3;2*1H. The molecular formula is C21H42N2O2. The Balaban J connectivity index is -0.000000377. The minimum atomic E-state index is 0. The van der Waals surface area contributed by atoms with E-state index in [9.17, 15) is 4.79 Å². The second-order valence-electron chi connectivity index (χ2n) is 6.82. The number of nitrogens with one attached hydrogen (secondary N) is 1. The number of rotatable bonds is 9. The molecule has 4 heteroatoms. The summed E-state index contributed by atoms with van der Waals surface area (Å²) in [7, 11) is 2.00. The van der Waals surface area contributed by atoms with Crippen molar-refractivity contribution in [2.24, 2.45) is 11.7 Å². The highest BCUT2D eigenvalue weighted by atomic mass is 16.5. The first-order chi connectivity index (χ1) is 12.0. The van der Waals surface area contributed by atoms with Crippen molar-refractivity contribution in [1.29, 1.82) is 0 Å². The zero-order chi connectivity index (χ0) is 19.1. The molecule has 0 spiro atoms. The fourth-order valence-electron chi connectivity index (χ4n) is 2.01. The zero-order valence-corrected chi connectivity index (χ0v) is 16.8. The van der Waals surface area contributed by atoms with Gasteiger partial charge in [-0.05, 0) is 71.2 Å². The molecule has 2 rings (SSSR count). The molecule has 0 amide bonds. The van der Waals surface area contributed by atoms with E-state index in [0.717, 1.165) is 37.5 Å². The monoisotopic (exact) mass is 354 g/mol. The largest absolute Gasteiger partial charge is 0.493 e. The van der Waals surface area contributed by atoms with E-state index in [1.54, 1.807) is 12.1 Å². The van der Waals surface area contributed by atoms with E-state index in [-0.39, 0.29) is 8.39 Å². The van der Waals surface area contributed by atoms with E-state index in [4.69, 9.17) is 10.5 Å². The second kappa shape index (κ2) is 13.9. The highest BCUT2D eigenvalue weighted by molar-refractivity contribution is 5.75. The Hall–Kier alpha value is -1.39. The van der Waals surface area contributed by atoms with Crippen molar-refractivity contribution >= 4 is 6.29 Å². The summed E-state index contributed by atoms with van der Waals surface area (Å²) in [5.41, 5.74) is 6.34. The molecule has 4 nitrogen and oxygen atoms in total. The van der Waals surface area contributed by atoms with Gasteiger partial charge in [0.1, 0.15) is 12.0 Å². The first-order valence-electron chi connectivity index (χ1n) is 9.58.